The van der Waals surface area contributed by atoms with Crippen LogP contribution < -0.4 is 31.9 Å². The molecule has 8 amide bonds. The summed E-state index contributed by atoms with van der Waals surface area (Å²) in [5.41, 5.74) is 1.56. The Bertz CT molecular complexity index is 2640. The lowest BCUT2D eigenvalue weighted by atomic mass is 9.93. The molecule has 0 saturated carbocycles. The minimum absolute atomic E-state index is 0.0494. The van der Waals surface area contributed by atoms with Crippen molar-refractivity contribution < 1.29 is 73.1 Å². The molecule has 5 rings (SSSR count). The minimum Gasteiger partial charge on any atom is -0.508 e. The molecule has 2 aliphatic rings. The largest absolute Gasteiger partial charge is 0.508 e. The van der Waals surface area contributed by atoms with Gasteiger partial charge in [0.05, 0.1) is 0 Å². The average molecular weight is 1090 g/mol. The van der Waals surface area contributed by atoms with Crippen molar-refractivity contribution in [1.29, 1.82) is 0 Å². The van der Waals surface area contributed by atoms with E-state index in [1.54, 1.807) is 58.0 Å². The van der Waals surface area contributed by atoms with Gasteiger partial charge in [-0.05, 0) is 79.0 Å². The summed E-state index contributed by atoms with van der Waals surface area (Å²) in [6, 6.07) is 8.27. The number of benzene rings is 3. The number of carboxylic acids is 1. The van der Waals surface area contributed by atoms with E-state index in [0.29, 0.717) is 23.1 Å². The first-order valence-electron chi connectivity index (χ1n) is 26.0. The Labute approximate surface area is 452 Å². The third kappa shape index (κ3) is 16.5. The first kappa shape index (κ1) is 60.8. The first-order valence-corrected chi connectivity index (χ1v) is 26.0. The van der Waals surface area contributed by atoms with Crippen molar-refractivity contribution in [1.82, 2.24) is 41.7 Å². The fourth-order valence-electron chi connectivity index (χ4n) is 9.32. The highest BCUT2D eigenvalue weighted by atomic mass is 16.5. The smallest absolute Gasteiger partial charge is 0.329 e. The summed E-state index contributed by atoms with van der Waals surface area (Å²) in [7, 11) is 1.37. The highest BCUT2D eigenvalue weighted by Crippen LogP contribution is 2.27. The number of rotatable bonds is 17. The van der Waals surface area contributed by atoms with E-state index in [2.05, 4.69) is 31.9 Å². The van der Waals surface area contributed by atoms with E-state index in [1.807, 2.05) is 0 Å². The number of carbonyl (C=O) groups is 10. The predicted octanol–water partition coefficient (Wildman–Crippen LogP) is 0.703. The van der Waals surface area contributed by atoms with E-state index in [1.165, 1.54) is 62.5 Å². The van der Waals surface area contributed by atoms with Crippen LogP contribution in [-0.4, -0.2) is 157 Å². The maximum atomic E-state index is 14.8. The number of likely N-dealkylation sites (N-methyl/N-ethyl adjacent to an activating group) is 1. The Morgan fingerprint density at radius 3 is 1.92 bits per heavy atom. The summed E-state index contributed by atoms with van der Waals surface area (Å²) in [4.78, 5) is 142. The van der Waals surface area contributed by atoms with Crippen molar-refractivity contribution in [3.63, 3.8) is 0 Å². The average Bonchev–Trinajstić information content (AvgIpc) is 3.40. The molecule has 1 unspecified atom stereocenters. The van der Waals surface area contributed by atoms with Crippen molar-refractivity contribution in [2.24, 2.45) is 11.8 Å². The van der Waals surface area contributed by atoms with Gasteiger partial charge in [0.25, 0.3) is 0 Å². The van der Waals surface area contributed by atoms with Gasteiger partial charge >= 0.3 is 11.9 Å². The van der Waals surface area contributed by atoms with E-state index in [-0.39, 0.29) is 43.6 Å². The van der Waals surface area contributed by atoms with Crippen molar-refractivity contribution in [2.75, 3.05) is 7.05 Å². The van der Waals surface area contributed by atoms with Crippen molar-refractivity contribution in [3.8, 4) is 11.5 Å². The van der Waals surface area contributed by atoms with Crippen LogP contribution in [0.5, 0.6) is 11.5 Å². The molecular formula is C55H72N8O15. The van der Waals surface area contributed by atoms with Crippen LogP contribution in [0.1, 0.15) is 90.3 Å². The van der Waals surface area contributed by atoms with E-state index in [9.17, 15) is 68.4 Å². The van der Waals surface area contributed by atoms with Crippen LogP contribution in [0.25, 0.3) is 0 Å². The number of nitrogens with zero attached hydrogens (tertiary/aromatic N) is 2. The second-order valence-electron chi connectivity index (χ2n) is 20.3. The van der Waals surface area contributed by atoms with Crippen molar-refractivity contribution >= 4 is 59.2 Å². The molecule has 11 atom stereocenters. The summed E-state index contributed by atoms with van der Waals surface area (Å²) in [6.07, 6.45) is -4.62. The number of hydrogen-bond donors (Lipinski definition) is 10. The van der Waals surface area contributed by atoms with E-state index >= 15 is 0 Å². The third-order valence-corrected chi connectivity index (χ3v) is 14.0. The molecule has 3 aromatic carbocycles. The molecule has 0 aliphatic carbocycles. The Hall–Kier alpha value is -8.08. The number of aliphatic carboxylic acids is 1. The Balaban J connectivity index is 1.53. The summed E-state index contributed by atoms with van der Waals surface area (Å²) in [6.45, 7) is 9.15. The summed E-state index contributed by atoms with van der Waals surface area (Å²) in [5, 5.41) is 56.7. The zero-order chi connectivity index (χ0) is 57.5. The Morgan fingerprint density at radius 1 is 0.744 bits per heavy atom. The first-order chi connectivity index (χ1) is 36.9. The van der Waals surface area contributed by atoms with Crippen LogP contribution in [0.2, 0.25) is 0 Å². The number of fused-ring (bicyclic) bond motifs is 2. The van der Waals surface area contributed by atoms with Gasteiger partial charge in [-0.15, -0.1) is 0 Å². The minimum atomic E-state index is -1.84. The quantitative estimate of drug-likeness (QED) is 0.0833. The predicted molar refractivity (Wildman–Crippen MR) is 280 cm³/mol. The summed E-state index contributed by atoms with van der Waals surface area (Å²) >= 11 is 0. The number of phenols is 2. The highest BCUT2D eigenvalue weighted by molar-refractivity contribution is 5.98. The number of ether oxygens (including phenoxy) is 1. The molecule has 3 aromatic rings. The topological polar surface area (TPSA) is 340 Å². The Kier molecular flexibility index (Phi) is 21.7. The van der Waals surface area contributed by atoms with Gasteiger partial charge in [0, 0.05) is 39.7 Å². The lowest BCUT2D eigenvalue weighted by Crippen LogP contribution is -2.66. The lowest BCUT2D eigenvalue weighted by Gasteiger charge is -2.44. The summed E-state index contributed by atoms with van der Waals surface area (Å²) < 4.78 is 5.92. The highest BCUT2D eigenvalue weighted by Gasteiger charge is 2.47. The van der Waals surface area contributed by atoms with Crippen LogP contribution in [0.3, 0.4) is 0 Å². The van der Waals surface area contributed by atoms with Gasteiger partial charge in [0.1, 0.15) is 72.2 Å². The van der Waals surface area contributed by atoms with Crippen LogP contribution >= 0.6 is 0 Å². The van der Waals surface area contributed by atoms with Crippen LogP contribution in [-0.2, 0) is 71.9 Å². The maximum Gasteiger partial charge on any atom is 0.329 e. The number of phenolic OH excluding ortho intramolecular Hbond substituents is 2. The van der Waals surface area contributed by atoms with Gasteiger partial charge in [0.2, 0.25) is 47.3 Å². The second-order valence-corrected chi connectivity index (χ2v) is 20.3. The fraction of sp³-hybridized carbons (Fsp3) is 0.491. The van der Waals surface area contributed by atoms with E-state index < -0.39 is 145 Å². The fourth-order valence-corrected chi connectivity index (χ4v) is 9.32. The second kappa shape index (κ2) is 27.8. The number of piperidine rings is 1. The summed E-state index contributed by atoms with van der Waals surface area (Å²) in [5.74, 6) is -10.9. The molecule has 0 spiro atoms. The molecule has 23 heteroatoms. The molecule has 2 saturated heterocycles. The standard InChI is InChI=1S/C55H72N8O15/c1-8-30(4)45-55(77)78-31(5)46(60-43(67)24-22-39(54(75)76)58-48(69)40(56-32(6)64)26-34-14-18-36(65)19-15-34)51(72)59-41(27-35-16-20-37(66)21-17-35)49(70)57-38-23-25-44(68)63(52(38)73)47(29(2)3)53(74)62(7)42(50(71)61-45)28-33-12-10-9-11-13-33/h9-21,29-31,38-42,44-47,65-66,68H,8,22-28H2,1-7H3,(H,56,64)(H,57,70)(H,58,69)(H,59,72)(H,60,67)(H,61,71)(H,75,76)/t30?,31-,38+,39+,40+,41+,42+,44-,45+,46+,47+/m1/s1. The third-order valence-electron chi connectivity index (χ3n) is 14.0. The number of cyclic esters (lactones) is 1. The Morgan fingerprint density at radius 2 is 1.35 bits per heavy atom. The SMILES string of the molecule is CCC(C)[C@@H]1NC(=O)[C@H](Cc2ccccc2)N(C)C(=O)[C@H](C(C)C)N2C(=O)[C@H](CC[C@H]2O)NC(=O)[C@H](Cc2ccc(O)cc2)NC(=O)[C@@H](NC(=O)CC[C@H](NC(=O)[C@H](Cc2ccc(O)cc2)NC(C)=O)C(=O)O)[C@@H](C)OC1=O. The number of hydrogen-bond acceptors (Lipinski definition) is 14. The molecule has 10 N–H and O–H groups in total. The maximum absolute atomic E-state index is 14.8. The van der Waals surface area contributed by atoms with Gasteiger partial charge in [-0.2, -0.15) is 0 Å². The monoisotopic (exact) mass is 1080 g/mol. The van der Waals surface area contributed by atoms with Gasteiger partial charge in [-0.25, -0.2) is 9.59 Å². The van der Waals surface area contributed by atoms with Crippen LogP contribution in [0, 0.1) is 11.8 Å². The van der Waals surface area contributed by atoms with E-state index in [4.69, 9.17) is 4.74 Å². The zero-order valence-corrected chi connectivity index (χ0v) is 44.8. The number of aromatic hydroxyl groups is 2. The van der Waals surface area contributed by atoms with Crippen LogP contribution in [0.4, 0.5) is 0 Å². The van der Waals surface area contributed by atoms with Gasteiger partial charge < -0.3 is 66.9 Å². The molecule has 2 heterocycles. The molecule has 422 valence electrons. The molecule has 0 aromatic heterocycles. The number of carbonyl (C=O) groups excluding carboxylic acids is 9. The molecule has 2 aliphatic heterocycles. The van der Waals surface area contributed by atoms with Crippen molar-refractivity contribution in [2.45, 2.75) is 154 Å². The molecule has 0 radical (unpaired) electrons. The molecule has 23 nitrogen and oxygen atoms in total. The molecule has 2 fully saturated rings. The normalized spacial score (nSPS) is 23.9. The molecule has 78 heavy (non-hydrogen) atoms. The number of aliphatic hydroxyl groups is 1. The number of nitrogens with one attached hydrogen (secondary N) is 6. The molecular weight excluding hydrogens is 1010 g/mol. The lowest BCUT2D eigenvalue weighted by molar-refractivity contribution is -0.167. The van der Waals surface area contributed by atoms with Gasteiger partial charge in [-0.1, -0.05) is 88.7 Å². The van der Waals surface area contributed by atoms with E-state index in [0.717, 1.165) is 16.7 Å². The van der Waals surface area contributed by atoms with Gasteiger partial charge in [0.15, 0.2) is 0 Å². The van der Waals surface area contributed by atoms with Crippen molar-refractivity contribution in [3.05, 3.63) is 95.6 Å². The van der Waals surface area contributed by atoms with Gasteiger partial charge in [-0.3, -0.25) is 38.4 Å². The number of amides is 8. The number of carboxylic acid groups (broad SMARTS) is 1. The molecule has 2 bridgehead atoms. The zero-order valence-electron chi connectivity index (χ0n) is 44.8. The van der Waals surface area contributed by atoms with Crippen LogP contribution in [0.15, 0.2) is 78.9 Å². The number of aliphatic hydroxyl groups excluding tert-OH is 1. The number of esters is 1.